The quantitative estimate of drug-likeness (QED) is 0.662. The van der Waals surface area contributed by atoms with Crippen molar-refractivity contribution in [1.29, 1.82) is 0 Å². The number of benzene rings is 1. The van der Waals surface area contributed by atoms with Crippen LogP contribution in [0.15, 0.2) is 24.3 Å². The van der Waals surface area contributed by atoms with Crippen LogP contribution >= 0.6 is 0 Å². The fraction of sp³-hybridized carbons (Fsp3) is 0.308. The molecule has 0 saturated carbocycles. The maximum atomic E-state index is 11.6. The molecule has 2 rings (SSSR count). The van der Waals surface area contributed by atoms with Gasteiger partial charge in [0.1, 0.15) is 0 Å². The summed E-state index contributed by atoms with van der Waals surface area (Å²) in [5.41, 5.74) is 12.4. The zero-order chi connectivity index (χ0) is 14.7. The van der Waals surface area contributed by atoms with Crippen LogP contribution in [0.25, 0.3) is 0 Å². The van der Waals surface area contributed by atoms with E-state index in [0.29, 0.717) is 13.0 Å². The van der Waals surface area contributed by atoms with Crippen LogP contribution in [0.1, 0.15) is 11.1 Å². The Bertz CT molecular complexity index is 558. The second kappa shape index (κ2) is 5.70. The molecule has 4 amide bonds. The number of urea groups is 1. The molecule has 1 unspecified atom stereocenters. The molecule has 0 aliphatic carbocycles. The highest BCUT2D eigenvalue weighted by molar-refractivity contribution is 5.94. The first-order valence-electron chi connectivity index (χ1n) is 6.17. The molecule has 0 bridgehead atoms. The molecule has 0 saturated heterocycles. The van der Waals surface area contributed by atoms with E-state index in [-0.39, 0.29) is 6.54 Å². The highest BCUT2D eigenvalue weighted by atomic mass is 16.2. The monoisotopic (exact) mass is 276 g/mol. The van der Waals surface area contributed by atoms with E-state index >= 15 is 0 Å². The molecule has 1 aliphatic heterocycles. The number of imide groups is 1. The van der Waals surface area contributed by atoms with Gasteiger partial charge in [0.2, 0.25) is 11.8 Å². The minimum absolute atomic E-state index is 0.106. The van der Waals surface area contributed by atoms with E-state index in [1.54, 1.807) is 4.90 Å². The number of amides is 4. The SMILES string of the molecule is NC(=O)NC(=O)CN1Cc2ccccc2CC1C(N)=O. The Hall–Kier alpha value is -2.41. The van der Waals surface area contributed by atoms with Crippen LogP contribution in [0.4, 0.5) is 4.79 Å². The lowest BCUT2D eigenvalue weighted by Gasteiger charge is -2.34. The third-order valence-corrected chi connectivity index (χ3v) is 3.28. The molecule has 7 nitrogen and oxygen atoms in total. The normalized spacial score (nSPS) is 18.1. The fourth-order valence-electron chi connectivity index (χ4n) is 2.39. The van der Waals surface area contributed by atoms with Crippen molar-refractivity contribution in [2.24, 2.45) is 11.5 Å². The fourth-order valence-corrected chi connectivity index (χ4v) is 2.39. The number of carbonyl (C=O) groups excluding carboxylic acids is 3. The first-order chi connectivity index (χ1) is 9.47. The predicted molar refractivity (Wildman–Crippen MR) is 71.3 cm³/mol. The van der Waals surface area contributed by atoms with Gasteiger partial charge in [-0.05, 0) is 17.5 Å². The average molecular weight is 276 g/mol. The minimum atomic E-state index is -0.914. The van der Waals surface area contributed by atoms with Gasteiger partial charge in [-0.3, -0.25) is 19.8 Å². The van der Waals surface area contributed by atoms with Crippen LogP contribution in [0.5, 0.6) is 0 Å². The zero-order valence-corrected chi connectivity index (χ0v) is 10.8. The topological polar surface area (TPSA) is 119 Å². The van der Waals surface area contributed by atoms with Crippen LogP contribution in [0, 0.1) is 0 Å². The van der Waals surface area contributed by atoms with E-state index in [4.69, 9.17) is 11.5 Å². The van der Waals surface area contributed by atoms with Gasteiger partial charge < -0.3 is 11.5 Å². The molecule has 1 aromatic carbocycles. The molecular weight excluding hydrogens is 260 g/mol. The number of nitrogens with zero attached hydrogens (tertiary/aromatic N) is 1. The highest BCUT2D eigenvalue weighted by Crippen LogP contribution is 2.22. The number of rotatable bonds is 3. The van der Waals surface area contributed by atoms with Gasteiger partial charge in [0.25, 0.3) is 0 Å². The van der Waals surface area contributed by atoms with Crippen molar-refractivity contribution in [1.82, 2.24) is 10.2 Å². The Morgan fingerprint density at radius 3 is 2.45 bits per heavy atom. The summed E-state index contributed by atoms with van der Waals surface area (Å²) >= 11 is 0. The van der Waals surface area contributed by atoms with E-state index in [1.807, 2.05) is 29.6 Å². The Kier molecular flexibility index (Phi) is 3.99. The van der Waals surface area contributed by atoms with Crippen molar-refractivity contribution < 1.29 is 14.4 Å². The molecule has 1 aromatic rings. The lowest BCUT2D eigenvalue weighted by Crippen LogP contribution is -2.52. The van der Waals surface area contributed by atoms with Crippen molar-refractivity contribution in [2.75, 3.05) is 6.54 Å². The molecular formula is C13H16N4O3. The number of primary amides is 2. The molecule has 0 spiro atoms. The molecule has 7 heteroatoms. The van der Waals surface area contributed by atoms with Crippen molar-refractivity contribution >= 4 is 17.8 Å². The van der Waals surface area contributed by atoms with Gasteiger partial charge in [-0.1, -0.05) is 24.3 Å². The van der Waals surface area contributed by atoms with Crippen molar-refractivity contribution in [3.8, 4) is 0 Å². The standard InChI is InChI=1S/C13H16N4O3/c14-12(19)10-5-8-3-1-2-4-9(8)6-17(10)7-11(18)16-13(15)20/h1-4,10H,5-7H2,(H2,14,19)(H3,15,16,18,20). The van der Waals surface area contributed by atoms with Crippen LogP contribution in [-0.2, 0) is 22.6 Å². The smallest absolute Gasteiger partial charge is 0.318 e. The predicted octanol–water partition coefficient (Wildman–Crippen LogP) is -0.906. The molecule has 1 atom stereocenters. The van der Waals surface area contributed by atoms with Gasteiger partial charge in [0.15, 0.2) is 0 Å². The van der Waals surface area contributed by atoms with Gasteiger partial charge in [-0.25, -0.2) is 4.79 Å². The van der Waals surface area contributed by atoms with E-state index in [1.165, 1.54) is 0 Å². The summed E-state index contributed by atoms with van der Waals surface area (Å²) in [6, 6.07) is 6.18. The van der Waals surface area contributed by atoms with E-state index < -0.39 is 23.9 Å². The summed E-state index contributed by atoms with van der Waals surface area (Å²) in [5, 5.41) is 1.98. The second-order valence-corrected chi connectivity index (χ2v) is 4.71. The Labute approximate surface area is 115 Å². The highest BCUT2D eigenvalue weighted by Gasteiger charge is 2.31. The lowest BCUT2D eigenvalue weighted by atomic mass is 9.93. The molecule has 5 N–H and O–H groups in total. The summed E-state index contributed by atoms with van der Waals surface area (Å²) in [6.45, 7) is 0.320. The number of nitrogens with one attached hydrogen (secondary N) is 1. The van der Waals surface area contributed by atoms with Crippen LogP contribution in [0.2, 0.25) is 0 Å². The van der Waals surface area contributed by atoms with Crippen molar-refractivity contribution in [3.63, 3.8) is 0 Å². The molecule has 0 radical (unpaired) electrons. The van der Waals surface area contributed by atoms with E-state index in [0.717, 1.165) is 11.1 Å². The molecule has 1 heterocycles. The van der Waals surface area contributed by atoms with Gasteiger partial charge in [-0.2, -0.15) is 0 Å². The van der Waals surface area contributed by atoms with Crippen LogP contribution in [0.3, 0.4) is 0 Å². The number of fused-ring (bicyclic) bond motifs is 1. The van der Waals surface area contributed by atoms with E-state index in [2.05, 4.69) is 0 Å². The first-order valence-corrected chi connectivity index (χ1v) is 6.17. The summed E-state index contributed by atoms with van der Waals surface area (Å²) in [4.78, 5) is 35.4. The van der Waals surface area contributed by atoms with Gasteiger partial charge >= 0.3 is 6.03 Å². The second-order valence-electron chi connectivity index (χ2n) is 4.71. The third kappa shape index (κ3) is 3.12. The van der Waals surface area contributed by atoms with Crippen molar-refractivity contribution in [2.45, 2.75) is 19.0 Å². The Morgan fingerprint density at radius 2 is 1.85 bits per heavy atom. The first kappa shape index (κ1) is 14.0. The number of hydrogen-bond donors (Lipinski definition) is 3. The average Bonchev–Trinajstić information content (AvgIpc) is 2.36. The van der Waals surface area contributed by atoms with E-state index in [9.17, 15) is 14.4 Å². The van der Waals surface area contributed by atoms with Crippen molar-refractivity contribution in [3.05, 3.63) is 35.4 Å². The summed E-state index contributed by atoms with van der Waals surface area (Å²) in [6.07, 6.45) is 0.454. The van der Waals surface area contributed by atoms with Gasteiger partial charge in [0, 0.05) is 6.54 Å². The summed E-state index contributed by atoms with van der Waals surface area (Å²) in [5.74, 6) is -1.05. The maximum absolute atomic E-state index is 11.6. The molecule has 20 heavy (non-hydrogen) atoms. The van der Waals surface area contributed by atoms with Crippen LogP contribution in [-0.4, -0.2) is 35.3 Å². The number of nitrogens with two attached hydrogens (primary N) is 2. The molecule has 0 aromatic heterocycles. The molecule has 106 valence electrons. The van der Waals surface area contributed by atoms with Gasteiger partial charge in [-0.15, -0.1) is 0 Å². The van der Waals surface area contributed by atoms with Crippen LogP contribution < -0.4 is 16.8 Å². The summed E-state index contributed by atoms with van der Waals surface area (Å²) in [7, 11) is 0. The summed E-state index contributed by atoms with van der Waals surface area (Å²) < 4.78 is 0. The molecule has 0 fully saturated rings. The third-order valence-electron chi connectivity index (χ3n) is 3.28. The zero-order valence-electron chi connectivity index (χ0n) is 10.8. The maximum Gasteiger partial charge on any atom is 0.318 e. The Balaban J connectivity index is 2.16. The minimum Gasteiger partial charge on any atom is -0.368 e. The number of hydrogen-bond acceptors (Lipinski definition) is 4. The Morgan fingerprint density at radius 1 is 1.20 bits per heavy atom. The largest absolute Gasteiger partial charge is 0.368 e. The van der Waals surface area contributed by atoms with Gasteiger partial charge in [0.05, 0.1) is 12.6 Å². The number of carbonyl (C=O) groups is 3. The lowest BCUT2D eigenvalue weighted by molar-refractivity contribution is -0.127. The molecule has 1 aliphatic rings.